The van der Waals surface area contributed by atoms with E-state index in [0.29, 0.717) is 34.3 Å². The Labute approximate surface area is 166 Å². The molecule has 0 bridgehead atoms. The van der Waals surface area contributed by atoms with E-state index in [1.165, 1.54) is 12.4 Å². The molecule has 0 aliphatic rings. The molecule has 2 N–H and O–H groups in total. The highest BCUT2D eigenvalue weighted by Crippen LogP contribution is 2.35. The molecule has 2 aromatic heterocycles. The molecule has 27 heavy (non-hydrogen) atoms. The third-order valence-electron chi connectivity index (χ3n) is 3.91. The predicted molar refractivity (Wildman–Crippen MR) is 104 cm³/mol. The van der Waals surface area contributed by atoms with E-state index in [1.807, 2.05) is 0 Å². The number of hydrogen-bond donors (Lipinski definition) is 2. The lowest BCUT2D eigenvalue weighted by Gasteiger charge is -2.29. The normalized spacial score (nSPS) is 12.9. The second-order valence-corrected chi connectivity index (χ2v) is 7.02. The van der Waals surface area contributed by atoms with Gasteiger partial charge in [0.1, 0.15) is 24.0 Å². The lowest BCUT2D eigenvalue weighted by atomic mass is 9.88. The van der Waals surface area contributed by atoms with Crippen LogP contribution in [0.1, 0.15) is 37.5 Å². The van der Waals surface area contributed by atoms with Crippen LogP contribution in [-0.2, 0) is 12.1 Å². The molecule has 0 amide bonds. The van der Waals surface area contributed by atoms with Crippen LogP contribution < -0.4 is 5.56 Å². The molecular formula is C18H22Cl2N4O3. The number of hydrogen-bond acceptors (Lipinski definition) is 5. The summed E-state index contributed by atoms with van der Waals surface area (Å²) in [5.74, 6) is 0.616. The van der Waals surface area contributed by atoms with Crippen molar-refractivity contribution in [1.29, 1.82) is 0 Å². The smallest absolute Gasteiger partial charge is 0.280 e. The average molecular weight is 413 g/mol. The van der Waals surface area contributed by atoms with Crippen LogP contribution in [0.3, 0.4) is 0 Å². The van der Waals surface area contributed by atoms with Crippen LogP contribution in [0.2, 0.25) is 10.0 Å². The van der Waals surface area contributed by atoms with E-state index in [0.717, 1.165) is 12.8 Å². The van der Waals surface area contributed by atoms with Crippen molar-refractivity contribution in [1.82, 2.24) is 19.9 Å². The Balaban J connectivity index is 0.000000313. The molecule has 0 saturated carbocycles. The zero-order chi connectivity index (χ0) is 19.9. The van der Waals surface area contributed by atoms with Gasteiger partial charge in [0.05, 0.1) is 6.54 Å². The number of H-pyrrole nitrogens is 1. The van der Waals surface area contributed by atoms with Crippen molar-refractivity contribution in [3.63, 3.8) is 0 Å². The van der Waals surface area contributed by atoms with E-state index in [4.69, 9.17) is 23.2 Å². The van der Waals surface area contributed by atoms with Crippen LogP contribution in [-0.4, -0.2) is 25.0 Å². The molecule has 3 rings (SSSR count). The third kappa shape index (κ3) is 6.23. The van der Waals surface area contributed by atoms with E-state index in [2.05, 4.69) is 26.7 Å². The SMILES string of the molecule is CCCCC(O)(Cn1cncn1)c1ccc(Cl)cc1Cl.Cc1cc(=O)[nH]o1. The van der Waals surface area contributed by atoms with E-state index in [-0.39, 0.29) is 5.56 Å². The Morgan fingerprint density at radius 3 is 2.59 bits per heavy atom. The van der Waals surface area contributed by atoms with Crippen LogP contribution in [0.25, 0.3) is 0 Å². The molecule has 0 aliphatic carbocycles. The van der Waals surface area contributed by atoms with Gasteiger partial charge in [-0.2, -0.15) is 10.3 Å². The van der Waals surface area contributed by atoms with E-state index >= 15 is 0 Å². The zero-order valence-electron chi connectivity index (χ0n) is 15.2. The summed E-state index contributed by atoms with van der Waals surface area (Å²) < 4.78 is 6.14. The standard InChI is InChI=1S/C14H17Cl2N3O.C4H5NO2/c1-2-3-6-14(20,8-19-10-17-9-18-19)12-5-4-11(15)7-13(12)16;1-3-2-4(6)5-7-3/h4-5,7,9-10,20H,2-3,6,8H2,1H3;2H,1H3,(H,5,6). The summed E-state index contributed by atoms with van der Waals surface area (Å²) in [6.07, 6.45) is 5.52. The number of aryl methyl sites for hydroxylation is 1. The Hall–Kier alpha value is -2.09. The maximum Gasteiger partial charge on any atom is 0.280 e. The zero-order valence-corrected chi connectivity index (χ0v) is 16.7. The molecule has 9 heteroatoms. The van der Waals surface area contributed by atoms with Crippen LogP contribution in [0.5, 0.6) is 0 Å². The fraction of sp³-hybridized carbons (Fsp3) is 0.389. The molecular weight excluding hydrogens is 391 g/mol. The van der Waals surface area contributed by atoms with E-state index in [1.54, 1.807) is 36.1 Å². The lowest BCUT2D eigenvalue weighted by molar-refractivity contribution is 0.00429. The molecule has 0 fully saturated rings. The highest BCUT2D eigenvalue weighted by molar-refractivity contribution is 6.35. The highest BCUT2D eigenvalue weighted by Gasteiger charge is 2.31. The maximum absolute atomic E-state index is 11.0. The molecule has 2 heterocycles. The summed E-state index contributed by atoms with van der Waals surface area (Å²) in [6.45, 7) is 4.10. The molecule has 146 valence electrons. The van der Waals surface area contributed by atoms with Gasteiger partial charge in [0.2, 0.25) is 0 Å². The highest BCUT2D eigenvalue weighted by atomic mass is 35.5. The molecule has 1 aromatic carbocycles. The first-order valence-corrected chi connectivity index (χ1v) is 9.25. The van der Waals surface area contributed by atoms with Crippen molar-refractivity contribution < 1.29 is 9.63 Å². The van der Waals surface area contributed by atoms with Gasteiger partial charge in [-0.05, 0) is 25.5 Å². The summed E-state index contributed by atoms with van der Waals surface area (Å²) in [5, 5.41) is 18.3. The van der Waals surface area contributed by atoms with Crippen molar-refractivity contribution in [3.05, 3.63) is 68.6 Å². The first-order chi connectivity index (χ1) is 12.8. The molecule has 0 aliphatic heterocycles. The molecule has 3 aromatic rings. The predicted octanol–water partition coefficient (Wildman–Crippen LogP) is 3.94. The second-order valence-electron chi connectivity index (χ2n) is 6.18. The first kappa shape index (κ1) is 21.2. The van der Waals surface area contributed by atoms with Gasteiger partial charge >= 0.3 is 0 Å². The average Bonchev–Trinajstić information content (AvgIpc) is 3.25. The van der Waals surface area contributed by atoms with E-state index < -0.39 is 5.60 Å². The molecule has 0 radical (unpaired) electrons. The summed E-state index contributed by atoms with van der Waals surface area (Å²) in [6, 6.07) is 6.55. The monoisotopic (exact) mass is 412 g/mol. The molecule has 0 saturated heterocycles. The number of aromatic amines is 1. The number of nitrogens with one attached hydrogen (secondary N) is 1. The lowest BCUT2D eigenvalue weighted by Crippen LogP contribution is -2.32. The number of aliphatic hydroxyl groups is 1. The summed E-state index contributed by atoms with van der Waals surface area (Å²) >= 11 is 12.2. The van der Waals surface area contributed by atoms with Crippen molar-refractivity contribution >= 4 is 23.2 Å². The summed E-state index contributed by atoms with van der Waals surface area (Å²) in [4.78, 5) is 14.0. The third-order valence-corrected chi connectivity index (χ3v) is 4.46. The van der Waals surface area contributed by atoms with Gasteiger partial charge in [0.15, 0.2) is 0 Å². The fourth-order valence-electron chi connectivity index (χ4n) is 2.59. The fourth-order valence-corrected chi connectivity index (χ4v) is 3.18. The molecule has 0 spiro atoms. The van der Waals surface area contributed by atoms with Crippen molar-refractivity contribution in [2.75, 3.05) is 0 Å². The van der Waals surface area contributed by atoms with Gasteiger partial charge in [-0.15, -0.1) is 0 Å². The molecule has 1 unspecified atom stereocenters. The molecule has 7 nitrogen and oxygen atoms in total. The van der Waals surface area contributed by atoms with Gasteiger partial charge < -0.3 is 9.63 Å². The van der Waals surface area contributed by atoms with Crippen molar-refractivity contribution in [2.45, 2.75) is 45.3 Å². The minimum absolute atomic E-state index is 0.183. The minimum atomic E-state index is -1.08. The number of benzene rings is 1. The summed E-state index contributed by atoms with van der Waals surface area (Å²) in [7, 11) is 0. The quantitative estimate of drug-likeness (QED) is 0.638. The summed E-state index contributed by atoms with van der Waals surface area (Å²) in [5.41, 5.74) is -0.587. The van der Waals surface area contributed by atoms with E-state index in [9.17, 15) is 9.90 Å². The number of nitrogens with zero attached hydrogens (tertiary/aromatic N) is 3. The Morgan fingerprint density at radius 2 is 2.11 bits per heavy atom. The topological polar surface area (TPSA) is 96.9 Å². The van der Waals surface area contributed by atoms with Gasteiger partial charge in [0, 0.05) is 21.7 Å². The number of halogens is 2. The Bertz CT molecular complexity index is 892. The van der Waals surface area contributed by atoms with Crippen molar-refractivity contribution in [3.8, 4) is 0 Å². The van der Waals surface area contributed by atoms with Crippen LogP contribution >= 0.6 is 23.2 Å². The number of rotatable bonds is 6. The Morgan fingerprint density at radius 1 is 1.33 bits per heavy atom. The minimum Gasteiger partial charge on any atom is -0.384 e. The number of unbranched alkanes of at least 4 members (excludes halogenated alkanes) is 1. The largest absolute Gasteiger partial charge is 0.384 e. The van der Waals surface area contributed by atoms with Crippen LogP contribution in [0.15, 0.2) is 46.2 Å². The van der Waals surface area contributed by atoms with Gasteiger partial charge in [-0.25, -0.2) is 9.67 Å². The maximum atomic E-state index is 11.0. The van der Waals surface area contributed by atoms with Crippen LogP contribution in [0, 0.1) is 6.92 Å². The molecule has 1 atom stereocenters. The van der Waals surface area contributed by atoms with Gasteiger partial charge in [-0.1, -0.05) is 49.0 Å². The van der Waals surface area contributed by atoms with Crippen molar-refractivity contribution in [2.24, 2.45) is 0 Å². The second kappa shape index (κ2) is 9.73. The van der Waals surface area contributed by atoms with Crippen LogP contribution in [0.4, 0.5) is 0 Å². The van der Waals surface area contributed by atoms with Gasteiger partial charge in [0.25, 0.3) is 5.56 Å². The first-order valence-electron chi connectivity index (χ1n) is 8.49. The Kier molecular flexibility index (Phi) is 7.65. The number of aromatic nitrogens is 4. The van der Waals surface area contributed by atoms with Gasteiger partial charge in [-0.3, -0.25) is 4.79 Å².